The summed E-state index contributed by atoms with van der Waals surface area (Å²) in [5.74, 6) is 0. The van der Waals surface area contributed by atoms with Gasteiger partial charge in [0.15, 0.2) is 5.65 Å². The van der Waals surface area contributed by atoms with Gasteiger partial charge in [-0.1, -0.05) is 0 Å². The van der Waals surface area contributed by atoms with Gasteiger partial charge in [-0.3, -0.25) is 9.97 Å². The molecule has 0 aromatic carbocycles. The molecule has 4 heterocycles. The first kappa shape index (κ1) is 8.58. The van der Waals surface area contributed by atoms with Gasteiger partial charge in [-0.2, -0.15) is 5.10 Å². The lowest BCUT2D eigenvalue weighted by atomic mass is 10.2. The SMILES string of the molecule is c1cnc2c(c1)c1nccnc1n1nccc21. The van der Waals surface area contributed by atoms with Crippen molar-refractivity contribution in [2.75, 3.05) is 0 Å². The normalized spacial score (nSPS) is 11.5. The van der Waals surface area contributed by atoms with Gasteiger partial charge in [0.25, 0.3) is 0 Å². The molecule has 0 fully saturated rings. The minimum atomic E-state index is 0.757. The van der Waals surface area contributed by atoms with Crippen LogP contribution in [-0.2, 0) is 0 Å². The van der Waals surface area contributed by atoms with Gasteiger partial charge in [0, 0.05) is 24.0 Å². The molecule has 0 spiro atoms. The zero-order chi connectivity index (χ0) is 11.2. The molecule has 0 radical (unpaired) electrons. The van der Waals surface area contributed by atoms with Gasteiger partial charge in [0.1, 0.15) is 5.52 Å². The van der Waals surface area contributed by atoms with Crippen LogP contribution < -0.4 is 0 Å². The van der Waals surface area contributed by atoms with Crippen LogP contribution in [-0.4, -0.2) is 24.6 Å². The maximum atomic E-state index is 4.40. The lowest BCUT2D eigenvalue weighted by Crippen LogP contribution is -1.97. The van der Waals surface area contributed by atoms with Gasteiger partial charge < -0.3 is 0 Å². The van der Waals surface area contributed by atoms with Crippen molar-refractivity contribution in [2.24, 2.45) is 0 Å². The zero-order valence-electron chi connectivity index (χ0n) is 8.78. The summed E-state index contributed by atoms with van der Waals surface area (Å²) in [5, 5.41) is 5.27. The Morgan fingerprint density at radius 1 is 0.824 bits per heavy atom. The Bertz CT molecular complexity index is 779. The highest BCUT2D eigenvalue weighted by atomic mass is 15.2. The fraction of sp³-hybridized carbons (Fsp3) is 0. The molecule has 5 heteroatoms. The quantitative estimate of drug-likeness (QED) is 0.425. The van der Waals surface area contributed by atoms with Crippen molar-refractivity contribution in [2.45, 2.75) is 0 Å². The highest BCUT2D eigenvalue weighted by Gasteiger charge is 2.10. The Hall–Kier alpha value is -2.56. The van der Waals surface area contributed by atoms with E-state index in [-0.39, 0.29) is 0 Å². The van der Waals surface area contributed by atoms with E-state index < -0.39 is 0 Å². The van der Waals surface area contributed by atoms with Crippen LogP contribution >= 0.6 is 0 Å². The Morgan fingerprint density at radius 3 is 2.71 bits per heavy atom. The molecule has 0 bridgehead atoms. The number of rotatable bonds is 0. The Labute approximate surface area is 95.8 Å². The summed E-state index contributed by atoms with van der Waals surface area (Å²) in [6.07, 6.45) is 6.88. The van der Waals surface area contributed by atoms with Crippen molar-refractivity contribution in [1.82, 2.24) is 24.6 Å². The maximum Gasteiger partial charge on any atom is 0.180 e. The molecule has 17 heavy (non-hydrogen) atoms. The van der Waals surface area contributed by atoms with Crippen LogP contribution in [0.2, 0.25) is 0 Å². The average molecular weight is 221 g/mol. The number of nitrogens with zero attached hydrogens (tertiary/aromatic N) is 5. The second-order valence-corrected chi connectivity index (χ2v) is 3.76. The zero-order valence-corrected chi connectivity index (χ0v) is 8.78. The summed E-state index contributed by atoms with van der Waals surface area (Å²) in [7, 11) is 0. The first-order chi connectivity index (χ1) is 8.45. The number of hydrogen-bond acceptors (Lipinski definition) is 4. The molecule has 0 saturated heterocycles. The predicted octanol–water partition coefficient (Wildman–Crippen LogP) is 1.83. The lowest BCUT2D eigenvalue weighted by Gasteiger charge is -2.04. The van der Waals surface area contributed by atoms with Crippen molar-refractivity contribution in [3.8, 4) is 0 Å². The van der Waals surface area contributed by atoms with Crippen molar-refractivity contribution >= 4 is 27.6 Å². The third-order valence-electron chi connectivity index (χ3n) is 2.83. The molecule has 0 amide bonds. The molecule has 0 N–H and O–H groups in total. The van der Waals surface area contributed by atoms with E-state index in [1.165, 1.54) is 0 Å². The molecular formula is C12H7N5. The summed E-state index contributed by atoms with van der Waals surface area (Å²) in [5.41, 5.74) is 3.44. The van der Waals surface area contributed by atoms with E-state index in [9.17, 15) is 0 Å². The van der Waals surface area contributed by atoms with E-state index in [1.807, 2.05) is 18.2 Å². The smallest absolute Gasteiger partial charge is 0.180 e. The molecule has 4 rings (SSSR count). The maximum absolute atomic E-state index is 4.40. The van der Waals surface area contributed by atoms with E-state index in [2.05, 4.69) is 20.1 Å². The summed E-state index contributed by atoms with van der Waals surface area (Å²) < 4.78 is 1.78. The molecular weight excluding hydrogens is 214 g/mol. The minimum Gasteiger partial charge on any atom is -0.254 e. The van der Waals surface area contributed by atoms with Crippen LogP contribution in [0.3, 0.4) is 0 Å². The molecule has 0 atom stereocenters. The van der Waals surface area contributed by atoms with Crippen LogP contribution in [0.25, 0.3) is 27.6 Å². The van der Waals surface area contributed by atoms with Crippen LogP contribution in [0.15, 0.2) is 43.0 Å². The number of aromatic nitrogens is 5. The summed E-state index contributed by atoms with van der Waals surface area (Å²) in [6, 6.07) is 5.85. The highest BCUT2D eigenvalue weighted by Crippen LogP contribution is 2.24. The van der Waals surface area contributed by atoms with Crippen LogP contribution in [0.5, 0.6) is 0 Å². The Kier molecular flexibility index (Phi) is 1.50. The van der Waals surface area contributed by atoms with Gasteiger partial charge in [-0.15, -0.1) is 0 Å². The topological polar surface area (TPSA) is 56.0 Å². The molecule has 0 unspecified atom stereocenters. The standard InChI is InChI=1S/C12H7N5/c1-2-8-10(13-4-1)9-3-5-16-17(9)12-11(8)14-6-7-15-12/h1-7H. The van der Waals surface area contributed by atoms with E-state index in [0.717, 1.165) is 27.6 Å². The molecule has 0 aliphatic heterocycles. The fourth-order valence-electron chi connectivity index (χ4n) is 2.13. The minimum absolute atomic E-state index is 0.757. The first-order valence-electron chi connectivity index (χ1n) is 5.26. The van der Waals surface area contributed by atoms with Crippen LogP contribution in [0, 0.1) is 0 Å². The van der Waals surface area contributed by atoms with Crippen molar-refractivity contribution in [3.05, 3.63) is 43.0 Å². The highest BCUT2D eigenvalue weighted by molar-refractivity contribution is 6.07. The van der Waals surface area contributed by atoms with Crippen molar-refractivity contribution in [1.29, 1.82) is 0 Å². The fourth-order valence-corrected chi connectivity index (χ4v) is 2.13. The Balaban J connectivity index is 2.48. The monoisotopic (exact) mass is 221 g/mol. The van der Waals surface area contributed by atoms with Crippen LogP contribution in [0.1, 0.15) is 0 Å². The molecule has 4 aromatic rings. The van der Waals surface area contributed by atoms with E-state index in [1.54, 1.807) is 29.3 Å². The van der Waals surface area contributed by atoms with Crippen molar-refractivity contribution < 1.29 is 0 Å². The largest absolute Gasteiger partial charge is 0.254 e. The molecule has 80 valence electrons. The van der Waals surface area contributed by atoms with E-state index in [0.29, 0.717) is 0 Å². The summed E-state index contributed by atoms with van der Waals surface area (Å²) in [6.45, 7) is 0. The third kappa shape index (κ3) is 1.02. The van der Waals surface area contributed by atoms with Crippen molar-refractivity contribution in [3.63, 3.8) is 0 Å². The molecule has 4 aromatic heterocycles. The first-order valence-corrected chi connectivity index (χ1v) is 5.26. The summed E-state index contributed by atoms with van der Waals surface area (Å²) >= 11 is 0. The predicted molar refractivity (Wildman–Crippen MR) is 63.6 cm³/mol. The van der Waals surface area contributed by atoms with Gasteiger partial charge in [0.2, 0.25) is 0 Å². The average Bonchev–Trinajstić information content (AvgIpc) is 2.89. The molecule has 5 nitrogen and oxygen atoms in total. The third-order valence-corrected chi connectivity index (χ3v) is 2.83. The molecule has 0 aliphatic carbocycles. The van der Waals surface area contributed by atoms with E-state index >= 15 is 0 Å². The Morgan fingerprint density at radius 2 is 1.71 bits per heavy atom. The lowest BCUT2D eigenvalue weighted by molar-refractivity contribution is 0.980. The summed E-state index contributed by atoms with van der Waals surface area (Å²) in [4.78, 5) is 13.1. The second kappa shape index (κ2) is 2.98. The molecule has 0 saturated carbocycles. The van der Waals surface area contributed by atoms with E-state index in [4.69, 9.17) is 0 Å². The molecule has 0 aliphatic rings. The van der Waals surface area contributed by atoms with Gasteiger partial charge in [0.05, 0.1) is 17.2 Å². The number of fused-ring (bicyclic) bond motifs is 6. The van der Waals surface area contributed by atoms with Crippen LogP contribution in [0.4, 0.5) is 0 Å². The second-order valence-electron chi connectivity index (χ2n) is 3.76. The number of hydrogen-bond donors (Lipinski definition) is 0. The van der Waals surface area contributed by atoms with Gasteiger partial charge in [-0.05, 0) is 18.2 Å². The number of pyridine rings is 2. The van der Waals surface area contributed by atoms with Gasteiger partial charge >= 0.3 is 0 Å². The van der Waals surface area contributed by atoms with Gasteiger partial charge in [-0.25, -0.2) is 9.50 Å².